The van der Waals surface area contributed by atoms with Crippen LogP contribution in [0.25, 0.3) is 0 Å². The van der Waals surface area contributed by atoms with Gasteiger partial charge in [0.2, 0.25) is 0 Å². The molecule has 0 aliphatic heterocycles. The van der Waals surface area contributed by atoms with Crippen LogP contribution in [0, 0.1) is 5.82 Å². The molecule has 0 saturated carbocycles. The predicted molar refractivity (Wildman–Crippen MR) is 79.6 cm³/mol. The quantitative estimate of drug-likeness (QED) is 0.888. The van der Waals surface area contributed by atoms with Crippen LogP contribution in [0.3, 0.4) is 0 Å². The van der Waals surface area contributed by atoms with Crippen LogP contribution in [0.15, 0.2) is 48.5 Å². The van der Waals surface area contributed by atoms with Crippen LogP contribution in [0.2, 0.25) is 5.02 Å². The maximum atomic E-state index is 12.8. The lowest BCUT2D eigenvalue weighted by atomic mass is 10.3. The molecule has 0 spiro atoms. The molecule has 2 aromatic rings. The van der Waals surface area contributed by atoms with E-state index in [1.165, 1.54) is 12.1 Å². The van der Waals surface area contributed by atoms with Gasteiger partial charge in [0.1, 0.15) is 5.82 Å². The zero-order valence-corrected chi connectivity index (χ0v) is 11.5. The molecule has 0 atom stereocenters. The molecular formula is C15H16ClFN2. The third-order valence-electron chi connectivity index (χ3n) is 2.90. The summed E-state index contributed by atoms with van der Waals surface area (Å²) < 4.78 is 12.8. The molecule has 0 amide bonds. The van der Waals surface area contributed by atoms with Gasteiger partial charge in [-0.15, -0.1) is 0 Å². The highest BCUT2D eigenvalue weighted by Crippen LogP contribution is 2.20. The minimum atomic E-state index is -0.216. The molecule has 0 unspecified atom stereocenters. The lowest BCUT2D eigenvalue weighted by Crippen LogP contribution is -2.24. The standard InChI is InChI=1S/C15H16ClFN2/c1-19(13-8-6-12(17)7-9-13)11-10-18-15-5-3-2-4-14(15)16/h2-9,18H,10-11H2,1H3. The number of para-hydroxylation sites is 1. The Morgan fingerprint density at radius 3 is 2.47 bits per heavy atom. The summed E-state index contributed by atoms with van der Waals surface area (Å²) >= 11 is 6.06. The summed E-state index contributed by atoms with van der Waals surface area (Å²) in [6, 6.07) is 14.1. The molecule has 0 radical (unpaired) electrons. The Hall–Kier alpha value is -1.74. The van der Waals surface area contributed by atoms with E-state index in [1.54, 1.807) is 12.1 Å². The Morgan fingerprint density at radius 2 is 1.79 bits per heavy atom. The Morgan fingerprint density at radius 1 is 1.11 bits per heavy atom. The monoisotopic (exact) mass is 278 g/mol. The first-order chi connectivity index (χ1) is 9.16. The van der Waals surface area contributed by atoms with Crippen molar-refractivity contribution >= 4 is 23.0 Å². The maximum absolute atomic E-state index is 12.8. The highest BCUT2D eigenvalue weighted by molar-refractivity contribution is 6.33. The smallest absolute Gasteiger partial charge is 0.123 e. The van der Waals surface area contributed by atoms with Gasteiger partial charge in [0, 0.05) is 25.8 Å². The third kappa shape index (κ3) is 3.86. The molecule has 4 heteroatoms. The van der Waals surface area contributed by atoms with E-state index in [9.17, 15) is 4.39 Å². The van der Waals surface area contributed by atoms with E-state index >= 15 is 0 Å². The van der Waals surface area contributed by atoms with E-state index < -0.39 is 0 Å². The van der Waals surface area contributed by atoms with Crippen LogP contribution in [-0.2, 0) is 0 Å². The fourth-order valence-corrected chi connectivity index (χ4v) is 1.99. The van der Waals surface area contributed by atoms with E-state index in [1.807, 2.05) is 31.3 Å². The van der Waals surface area contributed by atoms with Crippen LogP contribution in [0.5, 0.6) is 0 Å². The van der Waals surface area contributed by atoms with Crippen molar-refractivity contribution in [3.63, 3.8) is 0 Å². The van der Waals surface area contributed by atoms with Gasteiger partial charge in [-0.3, -0.25) is 0 Å². The van der Waals surface area contributed by atoms with Crippen LogP contribution < -0.4 is 10.2 Å². The first-order valence-electron chi connectivity index (χ1n) is 6.12. The van der Waals surface area contributed by atoms with Crippen molar-refractivity contribution < 1.29 is 4.39 Å². The molecular weight excluding hydrogens is 263 g/mol. The zero-order valence-electron chi connectivity index (χ0n) is 10.7. The fraction of sp³-hybridized carbons (Fsp3) is 0.200. The van der Waals surface area contributed by atoms with Crippen molar-refractivity contribution in [1.29, 1.82) is 0 Å². The number of anilines is 2. The van der Waals surface area contributed by atoms with Crippen molar-refractivity contribution in [2.75, 3.05) is 30.4 Å². The molecule has 0 fully saturated rings. The van der Waals surface area contributed by atoms with Gasteiger partial charge in [-0.05, 0) is 36.4 Å². The average Bonchev–Trinajstić information content (AvgIpc) is 2.41. The van der Waals surface area contributed by atoms with Gasteiger partial charge in [0.25, 0.3) is 0 Å². The van der Waals surface area contributed by atoms with Crippen LogP contribution in [-0.4, -0.2) is 20.1 Å². The normalized spacial score (nSPS) is 10.3. The SMILES string of the molecule is CN(CCNc1ccccc1Cl)c1ccc(F)cc1. The Labute approximate surface area is 117 Å². The fourth-order valence-electron chi connectivity index (χ4n) is 1.79. The van der Waals surface area contributed by atoms with E-state index in [2.05, 4.69) is 10.2 Å². The summed E-state index contributed by atoms with van der Waals surface area (Å²) in [4.78, 5) is 2.06. The minimum absolute atomic E-state index is 0.216. The van der Waals surface area contributed by atoms with Gasteiger partial charge < -0.3 is 10.2 Å². The molecule has 0 heterocycles. The highest BCUT2D eigenvalue weighted by Gasteiger charge is 2.02. The number of rotatable bonds is 5. The number of halogens is 2. The number of nitrogens with zero attached hydrogens (tertiary/aromatic N) is 1. The second-order valence-corrected chi connectivity index (χ2v) is 4.71. The second kappa shape index (κ2) is 6.43. The maximum Gasteiger partial charge on any atom is 0.123 e. The zero-order chi connectivity index (χ0) is 13.7. The lowest BCUT2D eigenvalue weighted by Gasteiger charge is -2.20. The first kappa shape index (κ1) is 13.7. The number of hydrogen-bond donors (Lipinski definition) is 1. The number of nitrogens with one attached hydrogen (secondary N) is 1. The van der Waals surface area contributed by atoms with Gasteiger partial charge in [-0.25, -0.2) is 4.39 Å². The van der Waals surface area contributed by atoms with Crippen molar-refractivity contribution in [3.05, 3.63) is 59.4 Å². The van der Waals surface area contributed by atoms with Crippen molar-refractivity contribution in [2.24, 2.45) is 0 Å². The molecule has 0 aromatic heterocycles. The van der Waals surface area contributed by atoms with Gasteiger partial charge in [-0.2, -0.15) is 0 Å². The molecule has 2 rings (SSSR count). The van der Waals surface area contributed by atoms with Gasteiger partial charge in [0.15, 0.2) is 0 Å². The second-order valence-electron chi connectivity index (χ2n) is 4.30. The summed E-state index contributed by atoms with van der Waals surface area (Å²) in [7, 11) is 1.97. The molecule has 2 aromatic carbocycles. The average molecular weight is 279 g/mol. The van der Waals surface area contributed by atoms with Gasteiger partial charge >= 0.3 is 0 Å². The molecule has 0 bridgehead atoms. The van der Waals surface area contributed by atoms with Crippen LogP contribution >= 0.6 is 11.6 Å². The number of likely N-dealkylation sites (N-methyl/N-ethyl adjacent to an activating group) is 1. The summed E-state index contributed by atoms with van der Waals surface area (Å²) in [6.07, 6.45) is 0. The highest BCUT2D eigenvalue weighted by atomic mass is 35.5. The molecule has 19 heavy (non-hydrogen) atoms. The Bertz CT molecular complexity index is 528. The lowest BCUT2D eigenvalue weighted by molar-refractivity contribution is 0.627. The summed E-state index contributed by atoms with van der Waals surface area (Å²) in [5.41, 5.74) is 1.92. The molecule has 100 valence electrons. The van der Waals surface area contributed by atoms with E-state index in [0.29, 0.717) is 5.02 Å². The number of hydrogen-bond acceptors (Lipinski definition) is 2. The van der Waals surface area contributed by atoms with E-state index in [0.717, 1.165) is 24.5 Å². The van der Waals surface area contributed by atoms with Gasteiger partial charge in [-0.1, -0.05) is 23.7 Å². The summed E-state index contributed by atoms with van der Waals surface area (Å²) in [6.45, 7) is 1.56. The molecule has 0 aliphatic carbocycles. The van der Waals surface area contributed by atoms with Crippen LogP contribution in [0.4, 0.5) is 15.8 Å². The largest absolute Gasteiger partial charge is 0.382 e. The molecule has 1 N–H and O–H groups in total. The first-order valence-corrected chi connectivity index (χ1v) is 6.50. The Balaban J connectivity index is 1.86. The topological polar surface area (TPSA) is 15.3 Å². The molecule has 0 saturated heterocycles. The predicted octanol–water partition coefficient (Wildman–Crippen LogP) is 4.03. The third-order valence-corrected chi connectivity index (χ3v) is 3.23. The molecule has 0 aliphatic rings. The molecule has 2 nitrogen and oxygen atoms in total. The summed E-state index contributed by atoms with van der Waals surface area (Å²) in [5.74, 6) is -0.216. The number of benzene rings is 2. The minimum Gasteiger partial charge on any atom is -0.382 e. The van der Waals surface area contributed by atoms with Crippen molar-refractivity contribution in [2.45, 2.75) is 0 Å². The van der Waals surface area contributed by atoms with E-state index in [4.69, 9.17) is 11.6 Å². The van der Waals surface area contributed by atoms with Crippen molar-refractivity contribution in [1.82, 2.24) is 0 Å². The van der Waals surface area contributed by atoms with Crippen molar-refractivity contribution in [3.8, 4) is 0 Å². The van der Waals surface area contributed by atoms with Gasteiger partial charge in [0.05, 0.1) is 10.7 Å². The summed E-state index contributed by atoms with van der Waals surface area (Å²) in [5, 5.41) is 3.99. The van der Waals surface area contributed by atoms with Crippen LogP contribution in [0.1, 0.15) is 0 Å². The Kier molecular flexibility index (Phi) is 4.63. The van der Waals surface area contributed by atoms with E-state index in [-0.39, 0.29) is 5.82 Å².